The highest BCUT2D eigenvalue weighted by Gasteiger charge is 2.15. The van der Waals surface area contributed by atoms with Crippen molar-refractivity contribution in [3.63, 3.8) is 0 Å². The lowest BCUT2D eigenvalue weighted by Crippen LogP contribution is -2.45. The lowest BCUT2D eigenvalue weighted by Gasteiger charge is -2.23. The van der Waals surface area contributed by atoms with Crippen molar-refractivity contribution in [2.75, 3.05) is 0 Å². The molecule has 0 aromatic heterocycles. The van der Waals surface area contributed by atoms with E-state index in [0.29, 0.717) is 21.7 Å². The van der Waals surface area contributed by atoms with Crippen LogP contribution in [0.25, 0.3) is 0 Å². The third kappa shape index (κ3) is 3.61. The highest BCUT2D eigenvalue weighted by molar-refractivity contribution is 6.36. The van der Waals surface area contributed by atoms with Gasteiger partial charge in [-0.25, -0.2) is 5.43 Å². The van der Waals surface area contributed by atoms with Gasteiger partial charge in [0, 0.05) is 11.1 Å². The van der Waals surface area contributed by atoms with Crippen molar-refractivity contribution < 1.29 is 4.79 Å². The normalized spacial score (nSPS) is 16.6. The first-order valence-corrected chi connectivity index (χ1v) is 6.93. The smallest absolute Gasteiger partial charge is 0.266 e. The van der Waals surface area contributed by atoms with Gasteiger partial charge in [-0.05, 0) is 31.0 Å². The summed E-state index contributed by atoms with van der Waals surface area (Å²) in [6.07, 6.45) is 5.93. The van der Waals surface area contributed by atoms with E-state index in [1.165, 1.54) is 19.3 Å². The first-order valence-electron chi connectivity index (χ1n) is 6.18. The Labute approximate surface area is 117 Å². The van der Waals surface area contributed by atoms with Crippen LogP contribution in [-0.2, 0) is 0 Å². The number of nitrogens with one attached hydrogen (secondary N) is 2. The maximum Gasteiger partial charge on any atom is 0.266 e. The largest absolute Gasteiger partial charge is 0.287 e. The van der Waals surface area contributed by atoms with E-state index >= 15 is 0 Å². The van der Waals surface area contributed by atoms with Crippen molar-refractivity contribution in [2.45, 2.75) is 38.1 Å². The zero-order chi connectivity index (χ0) is 13.0. The molecule has 2 N–H and O–H groups in total. The lowest BCUT2D eigenvalue weighted by atomic mass is 9.96. The predicted octanol–water partition coefficient (Wildman–Crippen LogP) is 3.56. The summed E-state index contributed by atoms with van der Waals surface area (Å²) in [5.74, 6) is -0.220. The fourth-order valence-corrected chi connectivity index (χ4v) is 2.65. The van der Waals surface area contributed by atoms with Crippen LogP contribution in [0, 0.1) is 0 Å². The predicted molar refractivity (Wildman–Crippen MR) is 73.9 cm³/mol. The summed E-state index contributed by atoms with van der Waals surface area (Å²) in [5.41, 5.74) is 6.22. The van der Waals surface area contributed by atoms with Gasteiger partial charge >= 0.3 is 0 Å². The van der Waals surface area contributed by atoms with Gasteiger partial charge in [0.2, 0.25) is 0 Å². The first-order chi connectivity index (χ1) is 8.66. The minimum Gasteiger partial charge on any atom is -0.287 e. The molecule has 1 aliphatic carbocycles. The molecule has 0 radical (unpaired) electrons. The minimum absolute atomic E-state index is 0.220. The molecule has 0 aliphatic heterocycles. The molecule has 3 nitrogen and oxygen atoms in total. The van der Waals surface area contributed by atoms with Crippen molar-refractivity contribution in [3.8, 4) is 0 Å². The summed E-state index contributed by atoms with van der Waals surface area (Å²) < 4.78 is 0. The highest BCUT2D eigenvalue weighted by atomic mass is 35.5. The molecule has 1 aromatic rings. The van der Waals surface area contributed by atoms with E-state index in [2.05, 4.69) is 10.9 Å². The van der Waals surface area contributed by atoms with Crippen LogP contribution in [0.15, 0.2) is 18.2 Å². The molecular formula is C13H16Cl2N2O. The van der Waals surface area contributed by atoms with Gasteiger partial charge in [-0.3, -0.25) is 10.2 Å². The van der Waals surface area contributed by atoms with E-state index in [1.54, 1.807) is 18.2 Å². The molecule has 98 valence electrons. The maximum atomic E-state index is 11.9. The van der Waals surface area contributed by atoms with Crippen molar-refractivity contribution in [1.29, 1.82) is 0 Å². The topological polar surface area (TPSA) is 41.1 Å². The molecule has 0 unspecified atom stereocenters. The van der Waals surface area contributed by atoms with Gasteiger partial charge in [0.15, 0.2) is 0 Å². The Kier molecular flexibility index (Phi) is 4.87. The Bertz CT molecular complexity index is 431. The number of carbonyl (C=O) groups excluding carboxylic acids is 1. The van der Waals surface area contributed by atoms with Gasteiger partial charge in [0.25, 0.3) is 5.91 Å². The monoisotopic (exact) mass is 286 g/mol. The standard InChI is InChI=1S/C13H16Cl2N2O/c14-9-6-7-11(12(15)8-9)13(18)17-16-10-4-2-1-3-5-10/h6-8,10,16H,1-5H2,(H,17,18). The Morgan fingerprint density at radius 2 is 1.89 bits per heavy atom. The molecule has 0 bridgehead atoms. The van der Waals surface area contributed by atoms with Crippen LogP contribution in [0.3, 0.4) is 0 Å². The number of hydrazine groups is 1. The average Bonchev–Trinajstić information content (AvgIpc) is 2.37. The van der Waals surface area contributed by atoms with Crippen LogP contribution >= 0.6 is 23.2 Å². The third-order valence-corrected chi connectivity index (χ3v) is 3.72. The molecule has 1 amide bonds. The van der Waals surface area contributed by atoms with Crippen LogP contribution in [0.5, 0.6) is 0 Å². The Morgan fingerprint density at radius 3 is 2.56 bits per heavy atom. The van der Waals surface area contributed by atoms with E-state index < -0.39 is 0 Å². The maximum absolute atomic E-state index is 11.9. The van der Waals surface area contributed by atoms with Gasteiger partial charge < -0.3 is 0 Å². The second-order valence-corrected chi connectivity index (χ2v) is 5.40. The van der Waals surface area contributed by atoms with Gasteiger partial charge in [-0.1, -0.05) is 42.5 Å². The number of halogens is 2. The Morgan fingerprint density at radius 1 is 1.17 bits per heavy atom. The van der Waals surface area contributed by atoms with E-state index in [4.69, 9.17) is 23.2 Å². The van der Waals surface area contributed by atoms with Crippen LogP contribution in [0.4, 0.5) is 0 Å². The number of rotatable bonds is 3. The van der Waals surface area contributed by atoms with Crippen molar-refractivity contribution in [2.24, 2.45) is 0 Å². The SMILES string of the molecule is O=C(NNC1CCCCC1)c1ccc(Cl)cc1Cl. The fraction of sp³-hybridized carbons (Fsp3) is 0.462. The van der Waals surface area contributed by atoms with Gasteiger partial charge in [0.05, 0.1) is 10.6 Å². The van der Waals surface area contributed by atoms with E-state index in [-0.39, 0.29) is 5.91 Å². The summed E-state index contributed by atoms with van der Waals surface area (Å²) in [6, 6.07) is 5.22. The van der Waals surface area contributed by atoms with E-state index in [1.807, 2.05) is 0 Å². The molecular weight excluding hydrogens is 271 g/mol. The highest BCUT2D eigenvalue weighted by Crippen LogP contribution is 2.21. The van der Waals surface area contributed by atoms with Gasteiger partial charge in [-0.2, -0.15) is 0 Å². The second kappa shape index (κ2) is 6.41. The van der Waals surface area contributed by atoms with Crippen molar-refractivity contribution in [1.82, 2.24) is 10.9 Å². The quantitative estimate of drug-likeness (QED) is 0.835. The number of hydrogen-bond donors (Lipinski definition) is 2. The summed E-state index contributed by atoms with van der Waals surface area (Å²) in [7, 11) is 0. The average molecular weight is 287 g/mol. The Hall–Kier alpha value is -0.770. The zero-order valence-corrected chi connectivity index (χ0v) is 11.5. The summed E-state index contributed by atoms with van der Waals surface area (Å²) >= 11 is 11.8. The van der Waals surface area contributed by atoms with Crippen LogP contribution in [-0.4, -0.2) is 11.9 Å². The molecule has 0 saturated heterocycles. The van der Waals surface area contributed by atoms with Gasteiger partial charge in [0.1, 0.15) is 0 Å². The number of benzene rings is 1. The molecule has 1 aromatic carbocycles. The van der Waals surface area contributed by atoms with Crippen molar-refractivity contribution in [3.05, 3.63) is 33.8 Å². The summed E-state index contributed by atoms with van der Waals surface area (Å²) in [6.45, 7) is 0. The molecule has 1 saturated carbocycles. The van der Waals surface area contributed by atoms with E-state index in [0.717, 1.165) is 12.8 Å². The molecule has 0 atom stereocenters. The molecule has 2 rings (SSSR count). The zero-order valence-electron chi connectivity index (χ0n) is 10.0. The van der Waals surface area contributed by atoms with Gasteiger partial charge in [-0.15, -0.1) is 0 Å². The third-order valence-electron chi connectivity index (χ3n) is 3.17. The number of hydrogen-bond acceptors (Lipinski definition) is 2. The van der Waals surface area contributed by atoms with E-state index in [9.17, 15) is 4.79 Å². The summed E-state index contributed by atoms with van der Waals surface area (Å²) in [4.78, 5) is 11.9. The first kappa shape index (κ1) is 13.7. The van der Waals surface area contributed by atoms with Crippen LogP contribution < -0.4 is 10.9 Å². The second-order valence-electron chi connectivity index (χ2n) is 4.56. The van der Waals surface area contributed by atoms with Crippen LogP contribution in [0.1, 0.15) is 42.5 Å². The minimum atomic E-state index is -0.220. The number of carbonyl (C=O) groups is 1. The lowest BCUT2D eigenvalue weighted by molar-refractivity contribution is 0.0920. The molecule has 0 heterocycles. The summed E-state index contributed by atoms with van der Waals surface area (Å²) in [5, 5.41) is 0.891. The molecule has 1 aliphatic rings. The number of amides is 1. The Balaban J connectivity index is 1.90. The molecule has 18 heavy (non-hydrogen) atoms. The fourth-order valence-electron chi connectivity index (χ4n) is 2.16. The van der Waals surface area contributed by atoms with Crippen LogP contribution in [0.2, 0.25) is 10.0 Å². The molecule has 5 heteroatoms. The molecule has 1 fully saturated rings. The van der Waals surface area contributed by atoms with Crippen molar-refractivity contribution >= 4 is 29.1 Å². The molecule has 0 spiro atoms.